The second-order valence-corrected chi connectivity index (χ2v) is 8.59. The number of methoxy groups -OCH3 is 1. The summed E-state index contributed by atoms with van der Waals surface area (Å²) in [5.41, 5.74) is 1.72. The van der Waals surface area contributed by atoms with Crippen LogP contribution >= 0.6 is 22.6 Å². The lowest BCUT2D eigenvalue weighted by molar-refractivity contribution is -0.139. The van der Waals surface area contributed by atoms with Gasteiger partial charge in [-0.15, -0.1) is 0 Å². The molecule has 0 fully saturated rings. The number of hydrogen-bond donors (Lipinski definition) is 3. The zero-order chi connectivity index (χ0) is 26.9. The van der Waals surface area contributed by atoms with Crippen molar-refractivity contribution >= 4 is 52.2 Å². The van der Waals surface area contributed by atoms with Crippen molar-refractivity contribution in [1.29, 1.82) is 0 Å². The second kappa shape index (κ2) is 13.1. The Balaban J connectivity index is 2.01. The second-order valence-electron chi connectivity index (χ2n) is 7.43. The highest BCUT2D eigenvalue weighted by Crippen LogP contribution is 2.34. The molecule has 0 spiro atoms. The molecule has 0 radical (unpaired) electrons. The highest BCUT2D eigenvalue weighted by molar-refractivity contribution is 14.1. The van der Waals surface area contributed by atoms with Crippen molar-refractivity contribution in [1.82, 2.24) is 10.7 Å². The molecule has 13 heteroatoms. The van der Waals surface area contributed by atoms with E-state index in [9.17, 15) is 27.6 Å². The van der Waals surface area contributed by atoms with Crippen LogP contribution in [0.25, 0.3) is 0 Å². The molecule has 36 heavy (non-hydrogen) atoms. The Kier molecular flexibility index (Phi) is 10.5. The minimum atomic E-state index is -4.53. The van der Waals surface area contributed by atoms with Crippen LogP contribution in [0.15, 0.2) is 41.5 Å². The molecule has 0 aliphatic carbocycles. The Morgan fingerprint density at radius 1 is 1.17 bits per heavy atom. The maximum absolute atomic E-state index is 12.8. The van der Waals surface area contributed by atoms with Crippen LogP contribution in [0.4, 0.5) is 18.9 Å². The first-order valence-electron chi connectivity index (χ1n) is 10.6. The van der Waals surface area contributed by atoms with Crippen molar-refractivity contribution < 1.29 is 37.0 Å². The summed E-state index contributed by atoms with van der Waals surface area (Å²) >= 11 is 1.94. The molecular weight excluding hydrogens is 596 g/mol. The van der Waals surface area contributed by atoms with Gasteiger partial charge in [-0.05, 0) is 71.8 Å². The maximum atomic E-state index is 12.8. The minimum Gasteiger partial charge on any atom is -0.493 e. The molecule has 2 rings (SSSR count). The number of nitrogens with one attached hydrogen (secondary N) is 3. The van der Waals surface area contributed by atoms with Crippen LogP contribution in [-0.2, 0) is 20.6 Å². The van der Waals surface area contributed by atoms with E-state index in [0.717, 1.165) is 12.1 Å². The van der Waals surface area contributed by atoms with Crippen LogP contribution in [0.5, 0.6) is 11.5 Å². The summed E-state index contributed by atoms with van der Waals surface area (Å²) in [4.78, 5) is 35.8. The molecule has 0 saturated carbocycles. The van der Waals surface area contributed by atoms with Crippen molar-refractivity contribution in [2.24, 2.45) is 5.10 Å². The zero-order valence-electron chi connectivity index (χ0n) is 19.5. The van der Waals surface area contributed by atoms with E-state index in [4.69, 9.17) is 9.47 Å². The predicted octanol–water partition coefficient (Wildman–Crippen LogP) is 3.70. The number of anilines is 1. The normalized spacial score (nSPS) is 12.1. The van der Waals surface area contributed by atoms with Crippen molar-refractivity contribution in [3.05, 3.63) is 51.1 Å². The average molecular weight is 620 g/mol. The number of hydrazone groups is 1. The van der Waals surface area contributed by atoms with Crippen LogP contribution in [-0.4, -0.2) is 43.7 Å². The lowest BCUT2D eigenvalue weighted by Gasteiger charge is -2.14. The molecule has 2 aromatic carbocycles. The van der Waals surface area contributed by atoms with Gasteiger partial charge in [0.25, 0.3) is 5.91 Å². The molecule has 0 aromatic heterocycles. The molecule has 1 atom stereocenters. The highest BCUT2D eigenvalue weighted by atomic mass is 127. The first kappa shape index (κ1) is 28.9. The number of hydrogen-bond acceptors (Lipinski definition) is 6. The summed E-state index contributed by atoms with van der Waals surface area (Å²) in [6.45, 7) is 3.14. The van der Waals surface area contributed by atoms with E-state index >= 15 is 0 Å². The van der Waals surface area contributed by atoms with Crippen LogP contribution in [0, 0.1) is 3.57 Å². The molecule has 0 aliphatic heterocycles. The van der Waals surface area contributed by atoms with E-state index in [1.54, 1.807) is 13.0 Å². The van der Waals surface area contributed by atoms with Gasteiger partial charge < -0.3 is 20.1 Å². The summed E-state index contributed by atoms with van der Waals surface area (Å²) < 4.78 is 49.9. The van der Waals surface area contributed by atoms with E-state index in [-0.39, 0.29) is 23.2 Å². The smallest absolute Gasteiger partial charge is 0.416 e. The largest absolute Gasteiger partial charge is 0.493 e. The molecule has 3 N–H and O–H groups in total. The third-order valence-corrected chi connectivity index (χ3v) is 5.45. The first-order valence-corrected chi connectivity index (χ1v) is 11.6. The van der Waals surface area contributed by atoms with Gasteiger partial charge in [-0.3, -0.25) is 14.4 Å². The van der Waals surface area contributed by atoms with Gasteiger partial charge in [0.1, 0.15) is 0 Å². The van der Waals surface area contributed by atoms with Crippen LogP contribution < -0.4 is 25.5 Å². The number of rotatable bonds is 9. The van der Waals surface area contributed by atoms with Gasteiger partial charge in [0.05, 0.1) is 22.5 Å². The SMILES string of the molecule is CC[C@@H](C)NC(=O)C(=O)N/N=C\c1cc(I)c(OCC(=O)Nc2cccc(C(F)(F)F)c2)c(OC)c1. The molecule has 0 unspecified atom stereocenters. The van der Waals surface area contributed by atoms with Gasteiger partial charge in [-0.1, -0.05) is 13.0 Å². The average Bonchev–Trinajstić information content (AvgIpc) is 2.82. The van der Waals surface area contributed by atoms with E-state index in [0.29, 0.717) is 15.6 Å². The summed E-state index contributed by atoms with van der Waals surface area (Å²) in [5.74, 6) is -1.92. The van der Waals surface area contributed by atoms with Crippen LogP contribution in [0.1, 0.15) is 31.4 Å². The third-order valence-electron chi connectivity index (χ3n) is 4.65. The maximum Gasteiger partial charge on any atom is 0.416 e. The minimum absolute atomic E-state index is 0.0217. The van der Waals surface area contributed by atoms with Gasteiger partial charge in [0, 0.05) is 11.7 Å². The highest BCUT2D eigenvalue weighted by Gasteiger charge is 2.30. The van der Waals surface area contributed by atoms with Gasteiger partial charge in [0.15, 0.2) is 18.1 Å². The Morgan fingerprint density at radius 2 is 1.89 bits per heavy atom. The lowest BCUT2D eigenvalue weighted by atomic mass is 10.2. The molecule has 0 bridgehead atoms. The summed E-state index contributed by atoms with van der Waals surface area (Å²) in [5, 5.41) is 8.63. The number of carbonyl (C=O) groups excluding carboxylic acids is 3. The molecule has 0 heterocycles. The summed E-state index contributed by atoms with van der Waals surface area (Å²) in [7, 11) is 1.38. The quantitative estimate of drug-likeness (QED) is 0.171. The number of carbonyl (C=O) groups is 3. The number of amides is 3. The molecule has 194 valence electrons. The van der Waals surface area contributed by atoms with Crippen LogP contribution in [0.2, 0.25) is 0 Å². The fraction of sp³-hybridized carbons (Fsp3) is 0.304. The fourth-order valence-corrected chi connectivity index (χ4v) is 3.45. The van der Waals surface area contributed by atoms with Crippen molar-refractivity contribution in [2.45, 2.75) is 32.5 Å². The van der Waals surface area contributed by atoms with Crippen molar-refractivity contribution in [2.75, 3.05) is 19.0 Å². The predicted molar refractivity (Wildman–Crippen MR) is 135 cm³/mol. The van der Waals surface area contributed by atoms with E-state index < -0.39 is 36.1 Å². The van der Waals surface area contributed by atoms with Gasteiger partial charge in [-0.2, -0.15) is 18.3 Å². The monoisotopic (exact) mass is 620 g/mol. The van der Waals surface area contributed by atoms with Gasteiger partial charge in [-0.25, -0.2) is 5.43 Å². The molecule has 0 saturated heterocycles. The molecule has 0 aliphatic rings. The number of halogens is 4. The topological polar surface area (TPSA) is 118 Å². The summed E-state index contributed by atoms with van der Waals surface area (Å²) in [6, 6.07) is 7.23. The van der Waals surface area contributed by atoms with Crippen molar-refractivity contribution in [3.8, 4) is 11.5 Å². The number of benzene rings is 2. The van der Waals surface area contributed by atoms with Crippen LogP contribution in [0.3, 0.4) is 0 Å². The molecule has 2 aromatic rings. The number of nitrogens with zero attached hydrogens (tertiary/aromatic N) is 1. The number of ether oxygens (including phenoxy) is 2. The lowest BCUT2D eigenvalue weighted by Crippen LogP contribution is -2.41. The Labute approximate surface area is 218 Å². The van der Waals surface area contributed by atoms with E-state index in [1.165, 1.54) is 31.5 Å². The number of alkyl halides is 3. The Morgan fingerprint density at radius 3 is 2.53 bits per heavy atom. The Hall–Kier alpha value is -3.36. The summed E-state index contributed by atoms with van der Waals surface area (Å²) in [6.07, 6.45) is -2.57. The standard InChI is InChI=1S/C23H24F3IN4O5/c1-4-13(2)29-21(33)22(34)31-28-11-14-8-17(27)20(18(9-14)35-3)36-12-19(32)30-16-7-5-6-15(10-16)23(24,25)26/h5-11,13H,4,12H2,1-3H3,(H,29,33)(H,30,32)(H,31,34)/b28-11-/t13-/m1/s1. The molecule has 9 nitrogen and oxygen atoms in total. The molecule has 3 amide bonds. The van der Waals surface area contributed by atoms with E-state index in [1.807, 2.05) is 29.5 Å². The van der Waals surface area contributed by atoms with Gasteiger partial charge >= 0.3 is 18.0 Å². The third kappa shape index (κ3) is 8.70. The first-order chi connectivity index (χ1) is 16.9. The molecular formula is C23H24F3IN4O5. The fourth-order valence-electron chi connectivity index (χ4n) is 2.67. The zero-order valence-corrected chi connectivity index (χ0v) is 21.7. The Bertz CT molecular complexity index is 1140. The van der Waals surface area contributed by atoms with Gasteiger partial charge in [0.2, 0.25) is 0 Å². The van der Waals surface area contributed by atoms with E-state index in [2.05, 4.69) is 21.2 Å². The van der Waals surface area contributed by atoms with Crippen molar-refractivity contribution in [3.63, 3.8) is 0 Å².